The number of hydrogen-bond donors (Lipinski definition) is 1. The molecule has 0 aliphatic carbocycles. The zero-order chi connectivity index (χ0) is 23.8. The fourth-order valence-corrected chi connectivity index (χ4v) is 5.68. The number of rotatable bonds is 10. The topological polar surface area (TPSA) is 62.6 Å². The van der Waals surface area contributed by atoms with E-state index in [-0.39, 0.29) is 17.4 Å². The molecule has 1 aliphatic heterocycles. The van der Waals surface area contributed by atoms with Crippen LogP contribution in [0.4, 0.5) is 0 Å². The molecule has 0 saturated carbocycles. The lowest BCUT2D eigenvalue weighted by molar-refractivity contribution is 0.0921. The minimum absolute atomic E-state index is 0.202. The number of amides is 1. The molecule has 2 aromatic carbocycles. The highest BCUT2D eigenvalue weighted by molar-refractivity contribution is 7.84. The van der Waals surface area contributed by atoms with Gasteiger partial charge in [0.15, 0.2) is 5.76 Å². The predicted molar refractivity (Wildman–Crippen MR) is 137 cm³/mol. The van der Waals surface area contributed by atoms with Gasteiger partial charge in [0.25, 0.3) is 5.91 Å². The van der Waals surface area contributed by atoms with Crippen LogP contribution in [0.1, 0.15) is 41.1 Å². The first-order valence-corrected chi connectivity index (χ1v) is 13.5. The van der Waals surface area contributed by atoms with Crippen molar-refractivity contribution in [2.75, 3.05) is 26.2 Å². The molecular weight excluding hydrogens is 468 g/mol. The third-order valence-corrected chi connectivity index (χ3v) is 7.79. The first-order valence-electron chi connectivity index (χ1n) is 11.8. The Balaban J connectivity index is 1.13. The Morgan fingerprint density at radius 2 is 1.85 bits per heavy atom. The predicted octanol–water partition coefficient (Wildman–Crippen LogP) is 5.32. The van der Waals surface area contributed by atoms with E-state index in [1.54, 1.807) is 36.4 Å². The summed E-state index contributed by atoms with van der Waals surface area (Å²) < 4.78 is 18.1. The lowest BCUT2D eigenvalue weighted by atomic mass is 9.90. The SMILES string of the molecule is O=C(NCCCN1CCC(Cc2ccccc2)CC1)c1ccc(CS(=O)c2cccc(Cl)c2)o1. The molecule has 2 heterocycles. The standard InChI is InChI=1S/C27H31ClN2O3S/c28-23-8-4-9-25(19-23)34(32)20-24-10-11-26(33-24)27(31)29-14-5-15-30-16-12-22(13-17-30)18-21-6-2-1-3-7-21/h1-4,6-11,19,22H,5,12-18,20H2,(H,29,31). The van der Waals surface area contributed by atoms with E-state index in [0.717, 1.165) is 32.0 Å². The van der Waals surface area contributed by atoms with Gasteiger partial charge >= 0.3 is 0 Å². The van der Waals surface area contributed by atoms with Gasteiger partial charge in [0.2, 0.25) is 0 Å². The normalized spacial score (nSPS) is 15.8. The van der Waals surface area contributed by atoms with Crippen molar-refractivity contribution in [2.24, 2.45) is 5.92 Å². The van der Waals surface area contributed by atoms with Crippen LogP contribution in [0.25, 0.3) is 0 Å². The van der Waals surface area contributed by atoms with Gasteiger partial charge in [0, 0.05) is 16.5 Å². The molecule has 0 spiro atoms. The number of nitrogens with zero attached hydrogens (tertiary/aromatic N) is 1. The lowest BCUT2D eigenvalue weighted by Gasteiger charge is -2.32. The summed E-state index contributed by atoms with van der Waals surface area (Å²) >= 11 is 5.97. The van der Waals surface area contributed by atoms with Crippen molar-refractivity contribution >= 4 is 28.3 Å². The first kappa shape index (κ1) is 24.7. The maximum Gasteiger partial charge on any atom is 0.286 e. The summed E-state index contributed by atoms with van der Waals surface area (Å²) in [4.78, 5) is 15.5. The van der Waals surface area contributed by atoms with Crippen LogP contribution < -0.4 is 5.32 Å². The van der Waals surface area contributed by atoms with Gasteiger partial charge in [-0.1, -0.05) is 48.0 Å². The molecule has 1 aromatic heterocycles. The number of carbonyl (C=O) groups excluding carboxylic acids is 1. The van der Waals surface area contributed by atoms with E-state index in [2.05, 4.69) is 40.5 Å². The van der Waals surface area contributed by atoms with Crippen molar-refractivity contribution in [1.29, 1.82) is 0 Å². The number of carbonyl (C=O) groups is 1. The molecule has 7 heteroatoms. The van der Waals surface area contributed by atoms with E-state index in [1.807, 2.05) is 0 Å². The number of piperidine rings is 1. The summed E-state index contributed by atoms with van der Waals surface area (Å²) in [6.45, 7) is 3.83. The molecule has 34 heavy (non-hydrogen) atoms. The van der Waals surface area contributed by atoms with Crippen molar-refractivity contribution < 1.29 is 13.4 Å². The molecular formula is C27H31ClN2O3S. The first-order chi connectivity index (χ1) is 16.6. The van der Waals surface area contributed by atoms with Crippen molar-refractivity contribution in [1.82, 2.24) is 10.2 Å². The molecule has 1 atom stereocenters. The maximum atomic E-state index is 12.5. The fourth-order valence-electron chi connectivity index (χ4n) is 4.35. The van der Waals surface area contributed by atoms with E-state index in [1.165, 1.54) is 24.8 Å². The molecule has 1 saturated heterocycles. The van der Waals surface area contributed by atoms with Crippen molar-refractivity contribution in [3.05, 3.63) is 88.8 Å². The van der Waals surface area contributed by atoms with E-state index >= 15 is 0 Å². The molecule has 1 aliphatic rings. The smallest absolute Gasteiger partial charge is 0.286 e. The van der Waals surface area contributed by atoms with Gasteiger partial charge in [-0.15, -0.1) is 0 Å². The molecule has 1 fully saturated rings. The molecule has 3 aromatic rings. The summed E-state index contributed by atoms with van der Waals surface area (Å²) in [5, 5.41) is 3.48. The highest BCUT2D eigenvalue weighted by Gasteiger charge is 2.19. The van der Waals surface area contributed by atoms with Crippen LogP contribution in [-0.2, 0) is 23.0 Å². The molecule has 0 bridgehead atoms. The Hall–Kier alpha value is -2.41. The molecule has 1 unspecified atom stereocenters. The highest BCUT2D eigenvalue weighted by Crippen LogP contribution is 2.22. The number of nitrogens with one attached hydrogen (secondary N) is 1. The molecule has 0 radical (unpaired) electrons. The van der Waals surface area contributed by atoms with Gasteiger partial charge < -0.3 is 14.6 Å². The monoisotopic (exact) mass is 498 g/mol. The second-order valence-corrected chi connectivity index (χ2v) is 10.7. The van der Waals surface area contributed by atoms with Crippen molar-refractivity contribution in [3.8, 4) is 0 Å². The maximum absolute atomic E-state index is 12.5. The third kappa shape index (κ3) is 7.29. The minimum Gasteiger partial charge on any atom is -0.455 e. The molecule has 5 nitrogen and oxygen atoms in total. The van der Waals surface area contributed by atoms with Gasteiger partial charge in [-0.3, -0.25) is 9.00 Å². The van der Waals surface area contributed by atoms with Gasteiger partial charge in [0.05, 0.1) is 16.6 Å². The van der Waals surface area contributed by atoms with Gasteiger partial charge in [0.1, 0.15) is 5.76 Å². The Morgan fingerprint density at radius 3 is 2.62 bits per heavy atom. The van der Waals surface area contributed by atoms with Crippen LogP contribution in [0.5, 0.6) is 0 Å². The van der Waals surface area contributed by atoms with Crippen molar-refractivity contribution in [3.63, 3.8) is 0 Å². The second kappa shape index (κ2) is 12.3. The summed E-state index contributed by atoms with van der Waals surface area (Å²) in [7, 11) is -1.28. The van der Waals surface area contributed by atoms with E-state index < -0.39 is 10.8 Å². The zero-order valence-corrected chi connectivity index (χ0v) is 20.8. The number of furan rings is 1. The van der Waals surface area contributed by atoms with Crippen LogP contribution in [0.2, 0.25) is 5.02 Å². The number of likely N-dealkylation sites (tertiary alicyclic amines) is 1. The Bertz CT molecular complexity index is 1090. The molecule has 180 valence electrons. The van der Waals surface area contributed by atoms with E-state index in [9.17, 15) is 9.00 Å². The fraction of sp³-hybridized carbons (Fsp3) is 0.370. The highest BCUT2D eigenvalue weighted by atomic mass is 35.5. The summed E-state index contributed by atoms with van der Waals surface area (Å²) in [6.07, 6.45) is 4.53. The molecule has 4 rings (SSSR count). The number of benzene rings is 2. The summed E-state index contributed by atoms with van der Waals surface area (Å²) in [5.41, 5.74) is 1.43. The lowest BCUT2D eigenvalue weighted by Crippen LogP contribution is -2.36. The average molecular weight is 499 g/mol. The summed E-state index contributed by atoms with van der Waals surface area (Å²) in [5.74, 6) is 1.50. The number of hydrogen-bond acceptors (Lipinski definition) is 4. The minimum atomic E-state index is -1.28. The van der Waals surface area contributed by atoms with Crippen LogP contribution in [0.3, 0.4) is 0 Å². The van der Waals surface area contributed by atoms with Gasteiger partial charge in [-0.05, 0) is 87.1 Å². The second-order valence-electron chi connectivity index (χ2n) is 8.80. The van der Waals surface area contributed by atoms with Gasteiger partial charge in [-0.2, -0.15) is 0 Å². The van der Waals surface area contributed by atoms with Crippen LogP contribution in [0.15, 0.2) is 76.0 Å². The van der Waals surface area contributed by atoms with Crippen molar-refractivity contribution in [2.45, 2.75) is 36.3 Å². The van der Waals surface area contributed by atoms with Crippen LogP contribution >= 0.6 is 11.6 Å². The largest absolute Gasteiger partial charge is 0.455 e. The van der Waals surface area contributed by atoms with Crippen LogP contribution in [0, 0.1) is 5.92 Å². The van der Waals surface area contributed by atoms with Crippen LogP contribution in [-0.4, -0.2) is 41.2 Å². The summed E-state index contributed by atoms with van der Waals surface area (Å²) in [6, 6.07) is 21.0. The third-order valence-electron chi connectivity index (χ3n) is 6.23. The van der Waals surface area contributed by atoms with Gasteiger partial charge in [-0.25, -0.2) is 0 Å². The Labute approximate surface area is 208 Å². The van der Waals surface area contributed by atoms with E-state index in [4.69, 9.17) is 16.0 Å². The molecule has 1 amide bonds. The Morgan fingerprint density at radius 1 is 1.06 bits per heavy atom. The average Bonchev–Trinajstić information content (AvgIpc) is 3.32. The molecule has 1 N–H and O–H groups in total. The zero-order valence-electron chi connectivity index (χ0n) is 19.3. The number of halogens is 1. The quantitative estimate of drug-likeness (QED) is 0.384. The van der Waals surface area contributed by atoms with E-state index in [0.29, 0.717) is 22.2 Å². The Kier molecular flexibility index (Phi) is 8.97.